The van der Waals surface area contributed by atoms with E-state index < -0.39 is 65.3 Å². The van der Waals surface area contributed by atoms with Crippen LogP contribution >= 0.6 is 0 Å². The van der Waals surface area contributed by atoms with Gasteiger partial charge in [0.15, 0.2) is 15.6 Å². The lowest BCUT2D eigenvalue weighted by Gasteiger charge is -2.31. The van der Waals surface area contributed by atoms with Gasteiger partial charge in [0.25, 0.3) is 16.4 Å². The van der Waals surface area contributed by atoms with Crippen LogP contribution in [0.4, 0.5) is 18.9 Å². The van der Waals surface area contributed by atoms with Crippen molar-refractivity contribution in [2.24, 2.45) is 0 Å². The number of nitrogens with zero attached hydrogens (tertiary/aromatic N) is 2. The third kappa shape index (κ3) is 3.56. The molecule has 1 aliphatic heterocycles. The van der Waals surface area contributed by atoms with Crippen molar-refractivity contribution in [1.82, 2.24) is 4.98 Å². The maximum Gasteiger partial charge on any atom is 0.268 e. The van der Waals surface area contributed by atoms with Crippen molar-refractivity contribution in [2.45, 2.75) is 11.3 Å². The van der Waals surface area contributed by atoms with E-state index in [1.54, 1.807) is 0 Å². The summed E-state index contributed by atoms with van der Waals surface area (Å²) in [5.41, 5.74) is -1.86. The van der Waals surface area contributed by atoms with E-state index in [-0.39, 0.29) is 11.4 Å². The lowest BCUT2D eigenvalue weighted by Crippen LogP contribution is -2.39. The van der Waals surface area contributed by atoms with E-state index in [1.165, 1.54) is 18.3 Å². The van der Waals surface area contributed by atoms with Crippen LogP contribution in [0.1, 0.15) is 16.8 Å². The van der Waals surface area contributed by atoms with Crippen LogP contribution in [0.3, 0.4) is 0 Å². The molecule has 0 saturated carbocycles. The molecule has 2 aromatic rings. The molecule has 3 rings (SSSR count). The molecule has 160 valence electrons. The molecule has 0 atom stereocenters. The average Bonchev–Trinajstić information content (AvgIpc) is 2.64. The van der Waals surface area contributed by atoms with Crippen molar-refractivity contribution < 1.29 is 35.1 Å². The smallest absolute Gasteiger partial charge is 0.268 e. The molecular weight excluding hydrogens is 445 g/mol. The average molecular weight is 460 g/mol. The molecule has 1 aliphatic rings. The fourth-order valence-electron chi connectivity index (χ4n) is 3.15. The molecule has 1 aromatic carbocycles. The first-order valence-electron chi connectivity index (χ1n) is 8.25. The van der Waals surface area contributed by atoms with Crippen molar-refractivity contribution in [2.75, 3.05) is 17.1 Å². The molecule has 7 nitrogen and oxygen atoms in total. The van der Waals surface area contributed by atoms with Crippen LogP contribution in [-0.4, -0.2) is 46.2 Å². The number of benzene rings is 1. The maximum atomic E-state index is 14.3. The molecule has 1 N–H and O–H groups in total. The number of sulfonamides is 1. The number of fused-ring (bicyclic) bond motifs is 1. The number of aromatic nitrogens is 1. The predicted molar refractivity (Wildman–Crippen MR) is 106 cm³/mol. The Labute approximate surface area is 170 Å². The summed E-state index contributed by atoms with van der Waals surface area (Å²) in [4.78, 5) is 2.33. The van der Waals surface area contributed by atoms with Crippen LogP contribution in [0.2, 0.25) is 0 Å². The molecule has 0 unspecified atom stereocenters. The van der Waals surface area contributed by atoms with Crippen molar-refractivity contribution >= 4 is 42.0 Å². The minimum atomic E-state index is -4.85. The van der Waals surface area contributed by atoms with Gasteiger partial charge in [-0.05, 0) is 18.2 Å². The second-order valence-electron chi connectivity index (χ2n) is 6.33. The van der Waals surface area contributed by atoms with E-state index in [9.17, 15) is 35.1 Å². The quantitative estimate of drug-likeness (QED) is 0.735. The molecule has 12 heteroatoms. The number of hydrogen-bond acceptors (Lipinski definition) is 6. The zero-order chi connectivity index (χ0) is 22.4. The maximum absolute atomic E-state index is 14.3. The van der Waals surface area contributed by atoms with Crippen LogP contribution in [0.25, 0.3) is 16.5 Å². The number of alkyl halides is 2. The summed E-state index contributed by atoms with van der Waals surface area (Å²) in [5.74, 6) is -2.21. The summed E-state index contributed by atoms with van der Waals surface area (Å²) in [6, 6.07) is 5.70. The highest BCUT2D eigenvalue weighted by molar-refractivity contribution is 8.02. The third-order valence-electron chi connectivity index (χ3n) is 4.29. The summed E-state index contributed by atoms with van der Waals surface area (Å²) in [7, 11) is -8.89. The van der Waals surface area contributed by atoms with Gasteiger partial charge in [-0.1, -0.05) is 18.7 Å². The Morgan fingerprint density at radius 3 is 2.50 bits per heavy atom. The van der Waals surface area contributed by atoms with Crippen molar-refractivity contribution in [3.05, 3.63) is 59.9 Å². The van der Waals surface area contributed by atoms with Gasteiger partial charge >= 0.3 is 0 Å². The molecule has 0 bridgehead atoms. The van der Waals surface area contributed by atoms with Crippen LogP contribution < -0.4 is 4.31 Å². The molecular formula is C18H15F3N2O5S2. The molecule has 30 heavy (non-hydrogen) atoms. The monoisotopic (exact) mass is 460 g/mol. The number of anilines is 1. The second-order valence-corrected chi connectivity index (χ2v) is 10.1. The fourth-order valence-corrected chi connectivity index (χ4v) is 5.79. The molecule has 1 aromatic heterocycles. The zero-order valence-corrected chi connectivity index (χ0v) is 17.0. The minimum Gasteiger partial charge on any atom is -0.504 e. The SMILES string of the molecule is C=C(F)c1c(C2=C(O)c3ncccc3N(CC(F)F)S2(=O)=O)cccc1S(C)(=O)=O. The highest BCUT2D eigenvalue weighted by Crippen LogP contribution is 2.44. The summed E-state index contributed by atoms with van der Waals surface area (Å²) in [5, 5.41) is 10.7. The Morgan fingerprint density at radius 1 is 1.27 bits per heavy atom. The van der Waals surface area contributed by atoms with Gasteiger partial charge in [0.2, 0.25) is 0 Å². The van der Waals surface area contributed by atoms with Gasteiger partial charge in [-0.25, -0.2) is 30.0 Å². The Hall–Kier alpha value is -2.86. The van der Waals surface area contributed by atoms with Crippen LogP contribution in [-0.2, 0) is 19.9 Å². The molecule has 0 spiro atoms. The normalized spacial score (nSPS) is 16.0. The Bertz CT molecular complexity index is 1290. The Kier molecular flexibility index (Phi) is 5.41. The number of pyridine rings is 1. The van der Waals surface area contributed by atoms with Gasteiger partial charge in [0, 0.05) is 23.6 Å². The van der Waals surface area contributed by atoms with E-state index in [2.05, 4.69) is 11.6 Å². The van der Waals surface area contributed by atoms with E-state index in [0.717, 1.165) is 24.5 Å². The van der Waals surface area contributed by atoms with E-state index in [4.69, 9.17) is 0 Å². The molecule has 0 amide bonds. The predicted octanol–water partition coefficient (Wildman–Crippen LogP) is 3.22. The van der Waals surface area contributed by atoms with Crippen LogP contribution in [0.15, 0.2) is 48.0 Å². The first-order valence-corrected chi connectivity index (χ1v) is 11.6. The lowest BCUT2D eigenvalue weighted by molar-refractivity contribution is 0.159. The van der Waals surface area contributed by atoms with Crippen LogP contribution in [0.5, 0.6) is 0 Å². The summed E-state index contributed by atoms with van der Waals surface area (Å²) in [6.07, 6.45) is -1.10. The number of aliphatic hydroxyl groups is 1. The van der Waals surface area contributed by atoms with Gasteiger partial charge < -0.3 is 5.11 Å². The van der Waals surface area contributed by atoms with Crippen molar-refractivity contribution in [3.63, 3.8) is 0 Å². The lowest BCUT2D eigenvalue weighted by atomic mass is 10.0. The van der Waals surface area contributed by atoms with Crippen LogP contribution in [0, 0.1) is 0 Å². The second kappa shape index (κ2) is 7.43. The van der Waals surface area contributed by atoms with E-state index in [1.807, 2.05) is 0 Å². The zero-order valence-electron chi connectivity index (χ0n) is 15.4. The largest absolute Gasteiger partial charge is 0.504 e. The number of halogens is 3. The fraction of sp³-hybridized carbons (Fsp3) is 0.167. The molecule has 0 fully saturated rings. The number of rotatable bonds is 5. The topological polar surface area (TPSA) is 105 Å². The third-order valence-corrected chi connectivity index (χ3v) is 7.28. The van der Waals surface area contributed by atoms with Gasteiger partial charge in [-0.3, -0.25) is 9.29 Å². The van der Waals surface area contributed by atoms with E-state index in [0.29, 0.717) is 4.31 Å². The number of sulfone groups is 1. The summed E-state index contributed by atoms with van der Waals surface area (Å²) < 4.78 is 91.5. The van der Waals surface area contributed by atoms with Gasteiger partial charge in [0.1, 0.15) is 16.4 Å². The van der Waals surface area contributed by atoms with Crippen molar-refractivity contribution in [1.29, 1.82) is 0 Å². The highest BCUT2D eigenvalue weighted by Gasteiger charge is 2.41. The minimum absolute atomic E-state index is 0.293. The summed E-state index contributed by atoms with van der Waals surface area (Å²) in [6.45, 7) is 1.81. The first-order chi connectivity index (χ1) is 13.9. The van der Waals surface area contributed by atoms with E-state index >= 15 is 0 Å². The molecule has 0 saturated heterocycles. The standard InChI is InChI=1S/C18H15F3N2O5S2/c1-10(19)15-11(5-3-7-13(15)29(2,25)26)18-17(24)16-12(6-4-8-22-16)23(9-14(20)21)30(18,27)28/h3-8,14,24H,1,9H2,2H3. The summed E-state index contributed by atoms with van der Waals surface area (Å²) >= 11 is 0. The number of aliphatic hydroxyl groups excluding tert-OH is 1. The Morgan fingerprint density at radius 2 is 1.93 bits per heavy atom. The number of hydrogen-bond donors (Lipinski definition) is 1. The highest BCUT2D eigenvalue weighted by atomic mass is 32.2. The first kappa shape index (κ1) is 21.8. The molecule has 2 heterocycles. The van der Waals surface area contributed by atoms with Gasteiger partial charge in [-0.2, -0.15) is 0 Å². The molecule has 0 aliphatic carbocycles. The van der Waals surface area contributed by atoms with Gasteiger partial charge in [0.05, 0.1) is 17.1 Å². The van der Waals surface area contributed by atoms with Crippen molar-refractivity contribution in [3.8, 4) is 0 Å². The Balaban J connectivity index is 2.46. The van der Waals surface area contributed by atoms with Gasteiger partial charge in [-0.15, -0.1) is 0 Å². The molecule has 0 radical (unpaired) electrons.